The first-order chi connectivity index (χ1) is 9.61. The number of amides is 2. The smallest absolute Gasteiger partial charge is 0.337 e. The van der Waals surface area contributed by atoms with Crippen LogP contribution in [0, 0.1) is 5.41 Å². The molecule has 0 saturated heterocycles. The molecule has 2 amide bonds. The second kappa shape index (κ2) is 6.71. The molecule has 7 heteroatoms. The van der Waals surface area contributed by atoms with Gasteiger partial charge in [-0.3, -0.25) is 9.59 Å². The normalized spacial score (nSPS) is 10.9. The van der Waals surface area contributed by atoms with Gasteiger partial charge >= 0.3 is 5.97 Å². The number of carboxylic acids is 1. The Morgan fingerprint density at radius 1 is 1.24 bits per heavy atom. The summed E-state index contributed by atoms with van der Waals surface area (Å²) in [5, 5.41) is 14.0. The van der Waals surface area contributed by atoms with Crippen molar-refractivity contribution in [3.05, 3.63) is 28.2 Å². The van der Waals surface area contributed by atoms with Crippen LogP contribution in [0.2, 0.25) is 0 Å². The largest absolute Gasteiger partial charge is 0.478 e. The highest BCUT2D eigenvalue weighted by Gasteiger charge is 2.21. The summed E-state index contributed by atoms with van der Waals surface area (Å²) in [7, 11) is 0. The summed E-state index contributed by atoms with van der Waals surface area (Å²) in [6.07, 6.45) is 0. The molecule has 0 aromatic heterocycles. The van der Waals surface area contributed by atoms with E-state index in [1.165, 1.54) is 12.1 Å². The van der Waals surface area contributed by atoms with E-state index in [1.807, 2.05) is 0 Å². The van der Waals surface area contributed by atoms with Crippen LogP contribution in [0.4, 0.5) is 5.69 Å². The summed E-state index contributed by atoms with van der Waals surface area (Å²) in [6, 6.07) is 4.45. The predicted molar refractivity (Wildman–Crippen MR) is 82.2 cm³/mol. The number of halogens is 1. The van der Waals surface area contributed by atoms with Crippen LogP contribution in [0.1, 0.15) is 31.1 Å². The van der Waals surface area contributed by atoms with Gasteiger partial charge in [0.15, 0.2) is 0 Å². The van der Waals surface area contributed by atoms with Crippen molar-refractivity contribution in [1.29, 1.82) is 0 Å². The van der Waals surface area contributed by atoms with Crippen molar-refractivity contribution in [2.45, 2.75) is 20.8 Å². The number of benzene rings is 1. The highest BCUT2D eigenvalue weighted by Crippen LogP contribution is 2.21. The van der Waals surface area contributed by atoms with E-state index in [4.69, 9.17) is 5.11 Å². The summed E-state index contributed by atoms with van der Waals surface area (Å²) in [5.74, 6) is -1.89. The molecular weight excluding hydrogens is 340 g/mol. The molecule has 3 N–H and O–H groups in total. The maximum Gasteiger partial charge on any atom is 0.337 e. The second-order valence-corrected chi connectivity index (χ2v) is 6.39. The Labute approximate surface area is 131 Å². The Hall–Kier alpha value is -1.89. The number of anilines is 1. The van der Waals surface area contributed by atoms with Gasteiger partial charge in [-0.25, -0.2) is 4.79 Å². The summed E-state index contributed by atoms with van der Waals surface area (Å²) in [6.45, 7) is 4.98. The SMILES string of the molecule is CC(C)(C)C(=O)NCC(=O)Nc1cc(Br)ccc1C(=O)O. The minimum absolute atomic E-state index is 0.0197. The van der Waals surface area contributed by atoms with E-state index in [9.17, 15) is 14.4 Å². The van der Waals surface area contributed by atoms with Gasteiger partial charge in [-0.05, 0) is 18.2 Å². The average molecular weight is 357 g/mol. The van der Waals surface area contributed by atoms with Gasteiger partial charge in [0.05, 0.1) is 17.8 Å². The first-order valence-electron chi connectivity index (χ1n) is 6.22. The van der Waals surface area contributed by atoms with E-state index >= 15 is 0 Å². The van der Waals surface area contributed by atoms with E-state index in [-0.39, 0.29) is 23.7 Å². The zero-order chi connectivity index (χ0) is 16.2. The Kier molecular flexibility index (Phi) is 5.48. The lowest BCUT2D eigenvalue weighted by molar-refractivity contribution is -0.130. The molecule has 0 heterocycles. The second-order valence-electron chi connectivity index (χ2n) is 5.48. The molecule has 0 spiro atoms. The number of nitrogens with one attached hydrogen (secondary N) is 2. The zero-order valence-electron chi connectivity index (χ0n) is 12.0. The van der Waals surface area contributed by atoms with E-state index < -0.39 is 17.3 Å². The van der Waals surface area contributed by atoms with E-state index in [0.717, 1.165) is 0 Å². The maximum atomic E-state index is 11.8. The summed E-state index contributed by atoms with van der Waals surface area (Å²) in [5.41, 5.74) is -0.442. The fourth-order valence-electron chi connectivity index (χ4n) is 1.43. The Morgan fingerprint density at radius 2 is 1.86 bits per heavy atom. The lowest BCUT2D eigenvalue weighted by atomic mass is 9.96. The van der Waals surface area contributed by atoms with Crippen molar-refractivity contribution in [2.24, 2.45) is 5.41 Å². The van der Waals surface area contributed by atoms with E-state index in [1.54, 1.807) is 26.8 Å². The van der Waals surface area contributed by atoms with Crippen LogP contribution in [0.3, 0.4) is 0 Å². The molecule has 0 aliphatic rings. The molecule has 0 radical (unpaired) electrons. The lowest BCUT2D eigenvalue weighted by Gasteiger charge is -2.17. The minimum Gasteiger partial charge on any atom is -0.478 e. The molecule has 0 bridgehead atoms. The zero-order valence-corrected chi connectivity index (χ0v) is 13.6. The van der Waals surface area contributed by atoms with E-state index in [0.29, 0.717) is 4.47 Å². The molecule has 0 aliphatic heterocycles. The molecule has 1 rings (SSSR count). The quantitative estimate of drug-likeness (QED) is 0.770. The highest BCUT2D eigenvalue weighted by molar-refractivity contribution is 9.10. The third kappa shape index (κ3) is 5.18. The average Bonchev–Trinajstić information content (AvgIpc) is 2.34. The molecule has 0 aliphatic carbocycles. The molecule has 1 aromatic carbocycles. The van der Waals surface area contributed by atoms with Crippen molar-refractivity contribution in [1.82, 2.24) is 5.32 Å². The van der Waals surface area contributed by atoms with Crippen molar-refractivity contribution in [3.8, 4) is 0 Å². The van der Waals surface area contributed by atoms with Crippen LogP contribution in [0.15, 0.2) is 22.7 Å². The summed E-state index contributed by atoms with van der Waals surface area (Å²) in [4.78, 5) is 34.5. The van der Waals surface area contributed by atoms with Crippen molar-refractivity contribution < 1.29 is 19.5 Å². The van der Waals surface area contributed by atoms with Crippen LogP contribution >= 0.6 is 15.9 Å². The molecule has 1 aromatic rings. The van der Waals surface area contributed by atoms with Gasteiger partial charge in [-0.1, -0.05) is 36.7 Å². The van der Waals surface area contributed by atoms with Gasteiger partial charge in [-0.15, -0.1) is 0 Å². The highest BCUT2D eigenvalue weighted by atomic mass is 79.9. The molecule has 21 heavy (non-hydrogen) atoms. The molecule has 114 valence electrons. The third-order valence-corrected chi connectivity index (χ3v) is 3.07. The number of carboxylic acid groups (broad SMARTS) is 1. The fourth-order valence-corrected chi connectivity index (χ4v) is 1.79. The van der Waals surface area contributed by atoms with Gasteiger partial charge in [0.1, 0.15) is 0 Å². The molecule has 0 atom stereocenters. The number of hydrogen-bond acceptors (Lipinski definition) is 3. The van der Waals surface area contributed by atoms with Crippen LogP contribution in [0.25, 0.3) is 0 Å². The van der Waals surface area contributed by atoms with Gasteiger partial charge < -0.3 is 15.7 Å². The van der Waals surface area contributed by atoms with Gasteiger partial charge in [0.25, 0.3) is 0 Å². The molecular formula is C14H17BrN2O4. The van der Waals surface area contributed by atoms with Crippen LogP contribution in [-0.4, -0.2) is 29.4 Å². The molecule has 6 nitrogen and oxygen atoms in total. The minimum atomic E-state index is -1.14. The monoisotopic (exact) mass is 356 g/mol. The van der Waals surface area contributed by atoms with Crippen LogP contribution in [-0.2, 0) is 9.59 Å². The molecule has 0 unspecified atom stereocenters. The molecule has 0 saturated carbocycles. The first-order valence-corrected chi connectivity index (χ1v) is 7.01. The Balaban J connectivity index is 2.74. The Morgan fingerprint density at radius 3 is 2.38 bits per heavy atom. The van der Waals surface area contributed by atoms with Crippen LogP contribution < -0.4 is 10.6 Å². The molecule has 0 fully saturated rings. The number of hydrogen-bond donors (Lipinski definition) is 3. The first kappa shape index (κ1) is 17.2. The fraction of sp³-hybridized carbons (Fsp3) is 0.357. The summed E-state index contributed by atoms with van der Waals surface area (Å²) < 4.78 is 0.640. The van der Waals surface area contributed by atoms with Crippen molar-refractivity contribution >= 4 is 39.4 Å². The topological polar surface area (TPSA) is 95.5 Å². The van der Waals surface area contributed by atoms with Crippen LogP contribution in [0.5, 0.6) is 0 Å². The summed E-state index contributed by atoms with van der Waals surface area (Å²) >= 11 is 3.21. The maximum absolute atomic E-state index is 11.8. The van der Waals surface area contributed by atoms with Crippen molar-refractivity contribution in [2.75, 3.05) is 11.9 Å². The van der Waals surface area contributed by atoms with Gasteiger partial charge in [0, 0.05) is 9.89 Å². The standard InChI is InChI=1S/C14H17BrN2O4/c1-14(2,3)13(21)16-7-11(18)17-10-6-8(15)4-5-9(10)12(19)20/h4-6H,7H2,1-3H3,(H,16,21)(H,17,18)(H,19,20). The van der Waals surface area contributed by atoms with E-state index in [2.05, 4.69) is 26.6 Å². The number of carbonyl (C=O) groups excluding carboxylic acids is 2. The number of aromatic carboxylic acids is 1. The third-order valence-electron chi connectivity index (χ3n) is 2.58. The van der Waals surface area contributed by atoms with Gasteiger partial charge in [-0.2, -0.15) is 0 Å². The van der Waals surface area contributed by atoms with Crippen molar-refractivity contribution in [3.63, 3.8) is 0 Å². The van der Waals surface area contributed by atoms with Gasteiger partial charge in [0.2, 0.25) is 11.8 Å². The predicted octanol–water partition coefficient (Wildman–Crippen LogP) is 2.25. The Bertz CT molecular complexity index is 579. The number of carbonyl (C=O) groups is 3. The lowest BCUT2D eigenvalue weighted by Crippen LogP contribution is -2.39. The number of rotatable bonds is 4.